The first-order valence-corrected chi connectivity index (χ1v) is 5.94. The Balaban J connectivity index is 2.28. The molecular formula is C13H12BrFN2. The molecular weight excluding hydrogens is 283 g/mol. The van der Waals surface area contributed by atoms with Gasteiger partial charge >= 0.3 is 0 Å². The minimum Gasteiger partial charge on any atom is -0.399 e. The van der Waals surface area contributed by atoms with E-state index in [-0.39, 0.29) is 5.82 Å². The maximum Gasteiger partial charge on any atom is 0.139 e. The van der Waals surface area contributed by atoms with E-state index in [9.17, 15) is 4.39 Å². The van der Waals surface area contributed by atoms with Crippen molar-refractivity contribution >= 4 is 33.0 Å². The third-order valence-corrected chi connectivity index (χ3v) is 3.09. The van der Waals surface area contributed by atoms with Crippen molar-refractivity contribution in [2.24, 2.45) is 0 Å². The second-order valence-corrected chi connectivity index (χ2v) is 4.68. The molecule has 17 heavy (non-hydrogen) atoms. The van der Waals surface area contributed by atoms with Gasteiger partial charge in [0.15, 0.2) is 0 Å². The molecule has 0 aliphatic rings. The Labute approximate surface area is 108 Å². The third-order valence-electron chi connectivity index (χ3n) is 2.45. The van der Waals surface area contributed by atoms with Crippen molar-refractivity contribution < 1.29 is 4.39 Å². The zero-order valence-corrected chi connectivity index (χ0v) is 10.9. The molecule has 0 atom stereocenters. The van der Waals surface area contributed by atoms with Gasteiger partial charge in [-0.25, -0.2) is 4.39 Å². The van der Waals surface area contributed by atoms with E-state index in [1.807, 2.05) is 31.2 Å². The molecule has 0 amide bonds. The highest BCUT2D eigenvalue weighted by Crippen LogP contribution is 2.25. The Morgan fingerprint density at radius 1 is 1.18 bits per heavy atom. The largest absolute Gasteiger partial charge is 0.399 e. The minimum absolute atomic E-state index is 0.289. The van der Waals surface area contributed by atoms with Gasteiger partial charge in [-0.2, -0.15) is 0 Å². The van der Waals surface area contributed by atoms with Crippen LogP contribution in [0, 0.1) is 12.7 Å². The Hall–Kier alpha value is -1.55. The van der Waals surface area contributed by atoms with Crippen LogP contribution in [0.15, 0.2) is 40.9 Å². The van der Waals surface area contributed by atoms with Crippen LogP contribution in [0.4, 0.5) is 21.5 Å². The van der Waals surface area contributed by atoms with Crippen LogP contribution in [0.2, 0.25) is 0 Å². The second kappa shape index (κ2) is 4.75. The maximum absolute atomic E-state index is 13.3. The van der Waals surface area contributed by atoms with Gasteiger partial charge in [0.05, 0.1) is 4.47 Å². The number of nitrogen functional groups attached to an aromatic ring is 1. The van der Waals surface area contributed by atoms with E-state index >= 15 is 0 Å². The standard InChI is InChI=1S/C13H12BrFN2/c1-8-6-9(16)2-5-13(8)17-10-3-4-11(14)12(15)7-10/h2-7,17H,16H2,1H3. The molecule has 4 heteroatoms. The van der Waals surface area contributed by atoms with Gasteiger partial charge in [0, 0.05) is 17.1 Å². The monoisotopic (exact) mass is 294 g/mol. The van der Waals surface area contributed by atoms with Crippen molar-refractivity contribution in [1.82, 2.24) is 0 Å². The molecule has 0 radical (unpaired) electrons. The molecule has 0 spiro atoms. The fourth-order valence-corrected chi connectivity index (χ4v) is 1.80. The summed E-state index contributed by atoms with van der Waals surface area (Å²) in [6.45, 7) is 1.95. The summed E-state index contributed by atoms with van der Waals surface area (Å²) in [7, 11) is 0. The summed E-state index contributed by atoms with van der Waals surface area (Å²) < 4.78 is 13.8. The van der Waals surface area contributed by atoms with E-state index < -0.39 is 0 Å². The average molecular weight is 295 g/mol. The Morgan fingerprint density at radius 3 is 2.59 bits per heavy atom. The fraction of sp³-hybridized carbons (Fsp3) is 0.0769. The first-order chi connectivity index (χ1) is 8.06. The predicted octanol–water partition coefficient (Wildman–Crippen LogP) is 4.22. The summed E-state index contributed by atoms with van der Waals surface area (Å²) in [6.07, 6.45) is 0. The molecule has 88 valence electrons. The quantitative estimate of drug-likeness (QED) is 0.814. The number of rotatable bonds is 2. The predicted molar refractivity (Wildman–Crippen MR) is 73.0 cm³/mol. The van der Waals surface area contributed by atoms with Crippen molar-refractivity contribution in [3.63, 3.8) is 0 Å². The van der Waals surface area contributed by atoms with Gasteiger partial charge in [-0.05, 0) is 64.8 Å². The van der Waals surface area contributed by atoms with Crippen LogP contribution in [0.25, 0.3) is 0 Å². The zero-order valence-electron chi connectivity index (χ0n) is 9.30. The van der Waals surface area contributed by atoms with E-state index in [0.717, 1.165) is 16.9 Å². The van der Waals surface area contributed by atoms with E-state index in [1.165, 1.54) is 6.07 Å². The van der Waals surface area contributed by atoms with Crippen molar-refractivity contribution in [3.05, 3.63) is 52.3 Å². The molecule has 0 heterocycles. The van der Waals surface area contributed by atoms with Crippen LogP contribution >= 0.6 is 15.9 Å². The van der Waals surface area contributed by atoms with E-state index in [1.54, 1.807) is 6.07 Å². The van der Waals surface area contributed by atoms with Crippen LogP contribution < -0.4 is 11.1 Å². The molecule has 0 fully saturated rings. The highest BCUT2D eigenvalue weighted by molar-refractivity contribution is 9.10. The van der Waals surface area contributed by atoms with Gasteiger partial charge in [0.2, 0.25) is 0 Å². The Kier molecular flexibility index (Phi) is 3.33. The lowest BCUT2D eigenvalue weighted by Gasteiger charge is -2.10. The summed E-state index contributed by atoms with van der Waals surface area (Å²) in [6, 6.07) is 10.5. The van der Waals surface area contributed by atoms with Gasteiger partial charge in [0.25, 0.3) is 0 Å². The number of nitrogens with two attached hydrogens (primary N) is 1. The van der Waals surface area contributed by atoms with Crippen LogP contribution in [-0.2, 0) is 0 Å². The van der Waals surface area contributed by atoms with Crippen molar-refractivity contribution in [2.45, 2.75) is 6.92 Å². The van der Waals surface area contributed by atoms with Gasteiger partial charge in [0.1, 0.15) is 5.82 Å². The van der Waals surface area contributed by atoms with Crippen molar-refractivity contribution in [1.29, 1.82) is 0 Å². The zero-order chi connectivity index (χ0) is 12.4. The average Bonchev–Trinajstić information content (AvgIpc) is 2.27. The molecule has 0 bridgehead atoms. The lowest BCUT2D eigenvalue weighted by molar-refractivity contribution is 0.622. The molecule has 0 saturated carbocycles. The summed E-state index contributed by atoms with van der Waals surface area (Å²) in [5.74, 6) is -0.289. The lowest BCUT2D eigenvalue weighted by Crippen LogP contribution is -1.95. The number of nitrogens with one attached hydrogen (secondary N) is 1. The third kappa shape index (κ3) is 2.77. The maximum atomic E-state index is 13.3. The molecule has 0 aromatic heterocycles. The summed E-state index contributed by atoms with van der Waals surface area (Å²) in [5.41, 5.74) is 9.03. The Bertz CT molecular complexity index is 555. The van der Waals surface area contributed by atoms with E-state index in [4.69, 9.17) is 5.73 Å². The van der Waals surface area contributed by atoms with Gasteiger partial charge < -0.3 is 11.1 Å². The number of benzene rings is 2. The molecule has 3 N–H and O–H groups in total. The molecule has 2 nitrogen and oxygen atoms in total. The number of aryl methyl sites for hydroxylation is 1. The summed E-state index contributed by atoms with van der Waals surface area (Å²) in [4.78, 5) is 0. The smallest absolute Gasteiger partial charge is 0.139 e. The van der Waals surface area contributed by atoms with E-state index in [2.05, 4.69) is 21.2 Å². The van der Waals surface area contributed by atoms with Crippen LogP contribution in [0.5, 0.6) is 0 Å². The SMILES string of the molecule is Cc1cc(N)ccc1Nc1ccc(Br)c(F)c1. The van der Waals surface area contributed by atoms with Gasteiger partial charge in [-0.15, -0.1) is 0 Å². The number of hydrogen-bond acceptors (Lipinski definition) is 2. The van der Waals surface area contributed by atoms with Crippen molar-refractivity contribution in [3.8, 4) is 0 Å². The summed E-state index contributed by atoms with van der Waals surface area (Å²) in [5, 5.41) is 3.15. The normalized spacial score (nSPS) is 10.3. The highest BCUT2D eigenvalue weighted by Gasteiger charge is 2.03. The first-order valence-electron chi connectivity index (χ1n) is 5.14. The van der Waals surface area contributed by atoms with Crippen LogP contribution in [0.1, 0.15) is 5.56 Å². The topological polar surface area (TPSA) is 38.0 Å². The summed E-state index contributed by atoms with van der Waals surface area (Å²) >= 11 is 3.12. The second-order valence-electron chi connectivity index (χ2n) is 3.83. The van der Waals surface area contributed by atoms with Gasteiger partial charge in [-0.1, -0.05) is 0 Å². The van der Waals surface area contributed by atoms with E-state index in [0.29, 0.717) is 10.2 Å². The number of anilines is 3. The minimum atomic E-state index is -0.289. The number of halogens is 2. The van der Waals surface area contributed by atoms with Crippen LogP contribution in [-0.4, -0.2) is 0 Å². The molecule has 2 rings (SSSR count). The molecule has 2 aromatic rings. The first kappa shape index (κ1) is 11.9. The van der Waals surface area contributed by atoms with Crippen molar-refractivity contribution in [2.75, 3.05) is 11.1 Å². The highest BCUT2D eigenvalue weighted by atomic mass is 79.9. The fourth-order valence-electron chi connectivity index (χ4n) is 1.56. The molecule has 2 aromatic carbocycles. The molecule has 0 aliphatic heterocycles. The van der Waals surface area contributed by atoms with Gasteiger partial charge in [-0.3, -0.25) is 0 Å². The number of hydrogen-bond donors (Lipinski definition) is 2. The lowest BCUT2D eigenvalue weighted by atomic mass is 10.1. The Morgan fingerprint density at radius 2 is 1.94 bits per heavy atom. The molecule has 0 saturated heterocycles. The van der Waals surface area contributed by atoms with Crippen LogP contribution in [0.3, 0.4) is 0 Å². The molecule has 0 unspecified atom stereocenters. The molecule has 0 aliphatic carbocycles.